The molecule has 3 N–H and O–H groups in total. The molecule has 5 rings (SSSR count). The molecule has 1 aliphatic heterocycles. The Morgan fingerprint density at radius 1 is 1.04 bits per heavy atom. The maximum Gasteiger partial charge on any atom is 0.293 e. The summed E-state index contributed by atoms with van der Waals surface area (Å²) in [6, 6.07) is 29.4. The summed E-state index contributed by atoms with van der Waals surface area (Å²) in [4.78, 5) is 16.4. The van der Waals surface area contributed by atoms with Crippen LogP contribution in [-0.2, 0) is 14.8 Å². The number of sulfonamides is 1. The first-order valence-corrected chi connectivity index (χ1v) is 19.4. The molecule has 1 saturated heterocycles. The van der Waals surface area contributed by atoms with Gasteiger partial charge in [0.1, 0.15) is 17.1 Å². The Morgan fingerprint density at radius 2 is 1.67 bits per heavy atom. The highest BCUT2D eigenvalue weighted by Crippen LogP contribution is 2.41. The maximum absolute atomic E-state index is 15.6. The summed E-state index contributed by atoms with van der Waals surface area (Å²) in [6.07, 6.45) is 0.408. The molecule has 11 nitrogen and oxygen atoms in total. The van der Waals surface area contributed by atoms with E-state index >= 15 is 4.39 Å². The number of anilines is 2. The predicted octanol–water partition coefficient (Wildman–Crippen LogP) is 6.91. The van der Waals surface area contributed by atoms with E-state index in [9.17, 15) is 18.5 Å². The summed E-state index contributed by atoms with van der Waals surface area (Å²) in [6.45, 7) is 1.87. The Kier molecular flexibility index (Phi) is 12.9. The molecular formula is C38H45FN6O5S2. The minimum atomic E-state index is -4.39. The third-order valence-corrected chi connectivity index (χ3v) is 11.7. The molecule has 1 heterocycles. The topological polar surface area (TPSA) is 143 Å². The van der Waals surface area contributed by atoms with Crippen molar-refractivity contribution in [3.05, 3.63) is 124 Å². The van der Waals surface area contributed by atoms with Gasteiger partial charge in [-0.05, 0) is 94.0 Å². The second kappa shape index (κ2) is 17.3. The van der Waals surface area contributed by atoms with Crippen molar-refractivity contribution in [1.29, 1.82) is 0 Å². The monoisotopic (exact) mass is 748 g/mol. The number of methoxy groups -OCH3 is 1. The van der Waals surface area contributed by atoms with Crippen molar-refractivity contribution < 1.29 is 22.5 Å². The molecule has 0 spiro atoms. The van der Waals surface area contributed by atoms with Gasteiger partial charge in [0.2, 0.25) is 0 Å². The van der Waals surface area contributed by atoms with E-state index in [0.717, 1.165) is 23.2 Å². The largest absolute Gasteiger partial charge is 0.383 e. The van der Waals surface area contributed by atoms with Crippen LogP contribution in [-0.4, -0.2) is 82.3 Å². The summed E-state index contributed by atoms with van der Waals surface area (Å²) in [7, 11) is 1.08. The number of hydrogen-bond acceptors (Lipinski definition) is 9. The Labute approximate surface area is 309 Å². The van der Waals surface area contributed by atoms with Gasteiger partial charge in [0.25, 0.3) is 15.7 Å². The molecule has 1 fully saturated rings. The number of nitro benzene ring substituents is 1. The number of halogens is 1. The minimum Gasteiger partial charge on any atom is -0.383 e. The van der Waals surface area contributed by atoms with E-state index < -0.39 is 26.7 Å². The first kappa shape index (κ1) is 38.7. The fourth-order valence-electron chi connectivity index (χ4n) is 6.20. The molecule has 4 aromatic rings. The minimum absolute atomic E-state index is 0.132. The van der Waals surface area contributed by atoms with Gasteiger partial charge in [0, 0.05) is 54.2 Å². The number of piperidine rings is 1. The van der Waals surface area contributed by atoms with Gasteiger partial charge in [-0.25, -0.2) is 4.39 Å². The quantitative estimate of drug-likeness (QED) is 0.0408. The smallest absolute Gasteiger partial charge is 0.293 e. The molecule has 0 amide bonds. The van der Waals surface area contributed by atoms with E-state index in [1.807, 2.05) is 79.7 Å². The summed E-state index contributed by atoms with van der Waals surface area (Å²) in [5, 5.41) is 15.4. The third-order valence-electron chi connectivity index (χ3n) is 9.26. The highest BCUT2D eigenvalue weighted by Gasteiger charge is 2.43. The second-order valence-electron chi connectivity index (χ2n) is 13.0. The lowest BCUT2D eigenvalue weighted by Gasteiger charge is -2.43. The number of nitrogens with zero attached hydrogens (tertiary/aromatic N) is 4. The number of thioether (sulfide) groups is 1. The summed E-state index contributed by atoms with van der Waals surface area (Å²) in [5.41, 5.74) is 6.91. The Bertz CT molecular complexity index is 1920. The zero-order chi connectivity index (χ0) is 37.3. The average Bonchev–Trinajstić information content (AvgIpc) is 3.16. The first-order chi connectivity index (χ1) is 24.9. The maximum atomic E-state index is 15.6. The number of hydrogen-bond donors (Lipinski definition) is 2. The Hall–Kier alpha value is -4.50. The SMILES string of the molecule is COC1(C(F)c2ccccc2)CCN(c2ccc(C(N)=NS(=O)(=O)c3ccc(N[C@H](CCN(C)C)CSc4ccccc4)c([N+](=O)[O-])c3)cc2)CC1. The Morgan fingerprint density at radius 3 is 2.27 bits per heavy atom. The standard InChI is InChI=1S/C38H45FN6O5S2/c1-43(2)23-20-30(27-51-32-12-8-5-9-13-32)41-34-19-18-33(26-35(34)45(46)47)52(48,49)42-37(40)29-14-16-31(17-15-29)44-24-21-38(50-3,22-25-44)36(39)28-10-6-4-7-11-28/h4-19,26,30,36,41H,20-25,27H2,1-3H3,(H2,40,42)/t30-,36?/m1/s1. The molecule has 2 atom stereocenters. The lowest BCUT2D eigenvalue weighted by atomic mass is 9.83. The molecule has 0 saturated carbocycles. The number of amidine groups is 1. The van der Waals surface area contributed by atoms with Gasteiger partial charge >= 0.3 is 0 Å². The summed E-state index contributed by atoms with van der Waals surface area (Å²) in [5.74, 6) is 0.394. The van der Waals surface area contributed by atoms with Crippen molar-refractivity contribution in [3.8, 4) is 0 Å². The molecule has 14 heteroatoms. The molecule has 52 heavy (non-hydrogen) atoms. The number of benzene rings is 4. The van der Waals surface area contributed by atoms with E-state index in [2.05, 4.69) is 14.6 Å². The lowest BCUT2D eigenvalue weighted by molar-refractivity contribution is -0.384. The van der Waals surface area contributed by atoms with Crippen LogP contribution < -0.4 is 16.0 Å². The van der Waals surface area contributed by atoms with E-state index in [1.54, 1.807) is 43.1 Å². The number of rotatable bonds is 16. The molecule has 1 aliphatic rings. The van der Waals surface area contributed by atoms with Crippen LogP contribution in [0.25, 0.3) is 0 Å². The van der Waals surface area contributed by atoms with Gasteiger partial charge in [-0.2, -0.15) is 8.42 Å². The summed E-state index contributed by atoms with van der Waals surface area (Å²) >= 11 is 1.64. The van der Waals surface area contributed by atoms with Crippen molar-refractivity contribution in [2.45, 2.75) is 46.9 Å². The van der Waals surface area contributed by atoms with E-state index in [0.29, 0.717) is 49.2 Å². The second-order valence-corrected chi connectivity index (χ2v) is 15.7. The van der Waals surface area contributed by atoms with Crippen LogP contribution >= 0.6 is 11.8 Å². The first-order valence-electron chi connectivity index (χ1n) is 17.0. The molecule has 276 valence electrons. The number of alkyl halides is 1. The molecule has 1 unspecified atom stereocenters. The van der Waals surface area contributed by atoms with Crippen LogP contribution in [0.3, 0.4) is 0 Å². The highest BCUT2D eigenvalue weighted by atomic mass is 32.2. The van der Waals surface area contributed by atoms with Gasteiger partial charge in [-0.1, -0.05) is 48.5 Å². The van der Waals surface area contributed by atoms with E-state index in [1.165, 1.54) is 12.1 Å². The van der Waals surface area contributed by atoms with Gasteiger partial charge in [0.15, 0.2) is 6.17 Å². The van der Waals surface area contributed by atoms with Crippen LogP contribution in [0.2, 0.25) is 0 Å². The van der Waals surface area contributed by atoms with Gasteiger partial charge < -0.3 is 25.6 Å². The fraction of sp³-hybridized carbons (Fsp3) is 0.342. The van der Waals surface area contributed by atoms with Gasteiger partial charge in [-0.3, -0.25) is 10.1 Å². The van der Waals surface area contributed by atoms with Gasteiger partial charge in [-0.15, -0.1) is 16.2 Å². The van der Waals surface area contributed by atoms with Crippen LogP contribution in [0.15, 0.2) is 117 Å². The zero-order valence-electron chi connectivity index (χ0n) is 29.5. The Balaban J connectivity index is 1.27. The van der Waals surface area contributed by atoms with Crippen molar-refractivity contribution in [1.82, 2.24) is 4.90 Å². The van der Waals surface area contributed by atoms with E-state index in [4.69, 9.17) is 10.5 Å². The van der Waals surface area contributed by atoms with Crippen LogP contribution in [0, 0.1) is 10.1 Å². The van der Waals surface area contributed by atoms with Crippen molar-refractivity contribution in [3.63, 3.8) is 0 Å². The highest BCUT2D eigenvalue weighted by molar-refractivity contribution is 7.99. The van der Waals surface area contributed by atoms with Crippen LogP contribution in [0.4, 0.5) is 21.5 Å². The molecule has 4 aromatic carbocycles. The molecule has 0 aromatic heterocycles. The number of nitrogens with two attached hydrogens (primary N) is 1. The van der Waals surface area contributed by atoms with Crippen LogP contribution in [0.1, 0.15) is 36.6 Å². The predicted molar refractivity (Wildman–Crippen MR) is 207 cm³/mol. The molecule has 0 bridgehead atoms. The molecule has 0 radical (unpaired) electrons. The van der Waals surface area contributed by atoms with E-state index in [-0.39, 0.29) is 28.1 Å². The van der Waals surface area contributed by atoms with Gasteiger partial charge in [0.05, 0.1) is 9.82 Å². The molecule has 0 aliphatic carbocycles. The van der Waals surface area contributed by atoms with Crippen molar-refractivity contribution in [2.75, 3.05) is 56.8 Å². The average molecular weight is 749 g/mol. The van der Waals surface area contributed by atoms with Crippen molar-refractivity contribution >= 4 is 44.7 Å². The molecular weight excluding hydrogens is 704 g/mol. The van der Waals surface area contributed by atoms with Crippen molar-refractivity contribution in [2.24, 2.45) is 10.1 Å². The van der Waals surface area contributed by atoms with Crippen LogP contribution in [0.5, 0.6) is 0 Å². The zero-order valence-corrected chi connectivity index (χ0v) is 31.2. The number of ether oxygens (including phenoxy) is 1. The normalized spacial score (nSPS) is 16.0. The summed E-state index contributed by atoms with van der Waals surface area (Å²) < 4.78 is 51.9. The third kappa shape index (κ3) is 9.68. The fourth-order valence-corrected chi connectivity index (χ4v) is 8.16. The number of nitrogens with one attached hydrogen (secondary N) is 1. The lowest BCUT2D eigenvalue weighted by Crippen LogP contribution is -2.48. The number of nitro groups is 1.